The molecule has 0 aliphatic rings. The average molecular weight is 270 g/mol. The van der Waals surface area contributed by atoms with Crippen molar-refractivity contribution >= 4 is 11.5 Å². The lowest BCUT2D eigenvalue weighted by molar-refractivity contribution is 0.292. The Bertz CT molecular complexity index is 533. The third kappa shape index (κ3) is 3.37. The number of nitrogens with two attached hydrogens (primary N) is 1. The fourth-order valence-corrected chi connectivity index (χ4v) is 1.77. The number of anilines is 2. The SMILES string of the molecule is CCCCn1c(N)c(NCCCO)c(=O)n(C)c1=O. The minimum Gasteiger partial charge on any atom is -0.396 e. The van der Waals surface area contributed by atoms with E-state index in [-0.39, 0.29) is 18.1 Å². The van der Waals surface area contributed by atoms with Crippen molar-refractivity contribution in [1.82, 2.24) is 9.13 Å². The highest BCUT2D eigenvalue weighted by Gasteiger charge is 2.14. The molecule has 0 spiro atoms. The molecule has 108 valence electrons. The van der Waals surface area contributed by atoms with Gasteiger partial charge in [-0.2, -0.15) is 0 Å². The Hall–Kier alpha value is -1.76. The van der Waals surface area contributed by atoms with Crippen LogP contribution in [0.25, 0.3) is 0 Å². The van der Waals surface area contributed by atoms with Crippen LogP contribution in [-0.2, 0) is 13.6 Å². The van der Waals surface area contributed by atoms with E-state index in [9.17, 15) is 9.59 Å². The van der Waals surface area contributed by atoms with Crippen molar-refractivity contribution in [1.29, 1.82) is 0 Å². The van der Waals surface area contributed by atoms with Gasteiger partial charge in [0.2, 0.25) is 0 Å². The average Bonchev–Trinajstić information content (AvgIpc) is 2.40. The van der Waals surface area contributed by atoms with Crippen molar-refractivity contribution in [3.05, 3.63) is 20.8 Å². The van der Waals surface area contributed by atoms with Gasteiger partial charge in [-0.25, -0.2) is 4.79 Å². The fraction of sp³-hybridized carbons (Fsp3) is 0.667. The topological polar surface area (TPSA) is 102 Å². The molecular formula is C12H22N4O3. The molecule has 0 radical (unpaired) electrons. The molecule has 0 atom stereocenters. The van der Waals surface area contributed by atoms with Gasteiger partial charge in [0, 0.05) is 26.7 Å². The van der Waals surface area contributed by atoms with E-state index in [4.69, 9.17) is 10.8 Å². The number of nitrogens with zero attached hydrogens (tertiary/aromatic N) is 2. The van der Waals surface area contributed by atoms with Gasteiger partial charge in [-0.1, -0.05) is 13.3 Å². The molecule has 1 heterocycles. The van der Waals surface area contributed by atoms with E-state index in [0.717, 1.165) is 17.4 Å². The van der Waals surface area contributed by atoms with Gasteiger partial charge < -0.3 is 16.2 Å². The number of hydrogen-bond acceptors (Lipinski definition) is 5. The largest absolute Gasteiger partial charge is 0.396 e. The standard InChI is InChI=1S/C12H22N4O3/c1-3-4-7-16-10(13)9(14-6-5-8-17)11(18)15(2)12(16)19/h14,17H,3-8,13H2,1-2H3. The van der Waals surface area contributed by atoms with Gasteiger partial charge in [-0.15, -0.1) is 0 Å². The van der Waals surface area contributed by atoms with Crippen LogP contribution in [0.3, 0.4) is 0 Å². The zero-order chi connectivity index (χ0) is 14.4. The number of aliphatic hydroxyl groups excluding tert-OH is 1. The molecule has 7 nitrogen and oxygen atoms in total. The lowest BCUT2D eigenvalue weighted by Crippen LogP contribution is -2.41. The molecule has 1 aromatic heterocycles. The summed E-state index contributed by atoms with van der Waals surface area (Å²) in [6.07, 6.45) is 2.26. The minimum absolute atomic E-state index is 0.0305. The van der Waals surface area contributed by atoms with E-state index < -0.39 is 11.2 Å². The smallest absolute Gasteiger partial charge is 0.332 e. The summed E-state index contributed by atoms with van der Waals surface area (Å²) in [5.41, 5.74) is 5.29. The Morgan fingerprint density at radius 3 is 2.58 bits per heavy atom. The Labute approximate surface area is 111 Å². The third-order valence-corrected chi connectivity index (χ3v) is 2.96. The zero-order valence-electron chi connectivity index (χ0n) is 11.5. The van der Waals surface area contributed by atoms with E-state index in [2.05, 4.69) is 5.32 Å². The summed E-state index contributed by atoms with van der Waals surface area (Å²) >= 11 is 0. The quantitative estimate of drug-likeness (QED) is 0.592. The molecular weight excluding hydrogens is 248 g/mol. The van der Waals surface area contributed by atoms with E-state index in [1.165, 1.54) is 11.6 Å². The summed E-state index contributed by atoms with van der Waals surface area (Å²) in [4.78, 5) is 24.0. The molecule has 19 heavy (non-hydrogen) atoms. The van der Waals surface area contributed by atoms with Gasteiger partial charge in [0.05, 0.1) is 0 Å². The van der Waals surface area contributed by atoms with Crippen LogP contribution in [0.1, 0.15) is 26.2 Å². The van der Waals surface area contributed by atoms with Gasteiger partial charge in [0.15, 0.2) is 0 Å². The predicted octanol–water partition coefficient (Wildman–Crippen LogP) is -0.276. The number of aliphatic hydroxyl groups is 1. The van der Waals surface area contributed by atoms with Crippen LogP contribution in [0.15, 0.2) is 9.59 Å². The highest BCUT2D eigenvalue weighted by molar-refractivity contribution is 5.60. The van der Waals surface area contributed by atoms with E-state index >= 15 is 0 Å². The van der Waals surface area contributed by atoms with Gasteiger partial charge in [-0.05, 0) is 12.8 Å². The summed E-state index contributed by atoms with van der Waals surface area (Å²) < 4.78 is 2.46. The van der Waals surface area contributed by atoms with Crippen molar-refractivity contribution in [2.45, 2.75) is 32.7 Å². The van der Waals surface area contributed by atoms with Crippen molar-refractivity contribution in [3.63, 3.8) is 0 Å². The number of nitrogens with one attached hydrogen (secondary N) is 1. The molecule has 0 bridgehead atoms. The summed E-state index contributed by atoms with van der Waals surface area (Å²) in [5.74, 6) is 0.166. The number of rotatable bonds is 7. The summed E-state index contributed by atoms with van der Waals surface area (Å²) in [5, 5.41) is 11.6. The maximum atomic E-state index is 12.0. The van der Waals surface area contributed by atoms with Crippen LogP contribution in [0.4, 0.5) is 11.5 Å². The summed E-state index contributed by atoms with van der Waals surface area (Å²) in [6.45, 7) is 2.97. The van der Waals surface area contributed by atoms with Crippen LogP contribution < -0.4 is 22.3 Å². The minimum atomic E-state index is -0.437. The fourth-order valence-electron chi connectivity index (χ4n) is 1.77. The van der Waals surface area contributed by atoms with E-state index in [1.54, 1.807) is 0 Å². The second kappa shape index (κ2) is 6.98. The van der Waals surface area contributed by atoms with Crippen molar-refractivity contribution < 1.29 is 5.11 Å². The molecule has 0 fully saturated rings. The molecule has 1 aromatic rings. The molecule has 0 aliphatic heterocycles. The summed E-state index contributed by atoms with van der Waals surface area (Å²) in [7, 11) is 1.43. The number of nitrogen functional groups attached to an aromatic ring is 1. The highest BCUT2D eigenvalue weighted by Crippen LogP contribution is 2.11. The second-order valence-electron chi connectivity index (χ2n) is 4.42. The van der Waals surface area contributed by atoms with Crippen molar-refractivity contribution in [2.24, 2.45) is 7.05 Å². The predicted molar refractivity (Wildman–Crippen MR) is 75.5 cm³/mol. The maximum absolute atomic E-state index is 12.0. The first kappa shape index (κ1) is 15.3. The first-order valence-corrected chi connectivity index (χ1v) is 6.48. The highest BCUT2D eigenvalue weighted by atomic mass is 16.3. The normalized spacial score (nSPS) is 10.7. The number of unbranched alkanes of at least 4 members (excludes halogenated alkanes) is 1. The Kier molecular flexibility index (Phi) is 5.62. The van der Waals surface area contributed by atoms with Crippen molar-refractivity contribution in [2.75, 3.05) is 24.2 Å². The maximum Gasteiger partial charge on any atom is 0.332 e. The molecule has 0 saturated carbocycles. The molecule has 0 unspecified atom stereocenters. The molecule has 0 amide bonds. The van der Waals surface area contributed by atoms with Crippen molar-refractivity contribution in [3.8, 4) is 0 Å². The second-order valence-corrected chi connectivity index (χ2v) is 4.42. The molecule has 7 heteroatoms. The zero-order valence-corrected chi connectivity index (χ0v) is 11.5. The Balaban J connectivity index is 3.19. The number of aromatic nitrogens is 2. The molecule has 0 saturated heterocycles. The Morgan fingerprint density at radius 2 is 2.00 bits per heavy atom. The van der Waals surface area contributed by atoms with E-state index in [1.807, 2.05) is 6.92 Å². The lowest BCUT2D eigenvalue weighted by atomic mass is 10.3. The first-order valence-electron chi connectivity index (χ1n) is 6.48. The van der Waals surface area contributed by atoms with Crippen LogP contribution >= 0.6 is 0 Å². The Morgan fingerprint density at radius 1 is 1.32 bits per heavy atom. The van der Waals surface area contributed by atoms with Crippen LogP contribution in [-0.4, -0.2) is 27.4 Å². The van der Waals surface area contributed by atoms with Crippen LogP contribution in [0.5, 0.6) is 0 Å². The first-order chi connectivity index (χ1) is 9.04. The van der Waals surface area contributed by atoms with Gasteiger partial charge >= 0.3 is 5.69 Å². The lowest BCUT2D eigenvalue weighted by Gasteiger charge is -2.15. The third-order valence-electron chi connectivity index (χ3n) is 2.96. The van der Waals surface area contributed by atoms with E-state index in [0.29, 0.717) is 19.5 Å². The van der Waals surface area contributed by atoms with Crippen LogP contribution in [0.2, 0.25) is 0 Å². The van der Waals surface area contributed by atoms with Gasteiger partial charge in [0.25, 0.3) is 5.56 Å². The molecule has 1 rings (SSSR count). The monoisotopic (exact) mass is 270 g/mol. The number of hydrogen-bond donors (Lipinski definition) is 3. The molecule has 0 aromatic carbocycles. The van der Waals surface area contributed by atoms with Crippen LogP contribution in [0, 0.1) is 0 Å². The molecule has 0 aliphatic carbocycles. The van der Waals surface area contributed by atoms with Gasteiger partial charge in [0.1, 0.15) is 11.5 Å². The summed E-state index contributed by atoms with van der Waals surface area (Å²) in [6, 6.07) is 0. The van der Waals surface area contributed by atoms with Gasteiger partial charge in [-0.3, -0.25) is 13.9 Å². The molecule has 4 N–H and O–H groups in total.